The third kappa shape index (κ3) is 2.71. The van der Waals surface area contributed by atoms with Crippen LogP contribution in [0, 0.1) is 6.92 Å². The second-order valence-electron chi connectivity index (χ2n) is 5.27. The first-order chi connectivity index (χ1) is 10.2. The van der Waals surface area contributed by atoms with Gasteiger partial charge in [-0.15, -0.1) is 11.3 Å². The molecule has 0 aromatic carbocycles. The molecule has 0 bridgehead atoms. The first-order valence-corrected chi connectivity index (χ1v) is 7.94. The lowest BCUT2D eigenvalue weighted by Crippen LogP contribution is -2.20. The van der Waals surface area contributed by atoms with Crippen molar-refractivity contribution in [3.8, 4) is 0 Å². The number of nitrogen functional groups attached to an aromatic ring is 1. The van der Waals surface area contributed by atoms with Crippen LogP contribution in [0.25, 0.3) is 10.2 Å². The van der Waals surface area contributed by atoms with Crippen LogP contribution >= 0.6 is 11.3 Å². The molecule has 0 atom stereocenters. The summed E-state index contributed by atoms with van der Waals surface area (Å²) in [7, 11) is 0. The van der Waals surface area contributed by atoms with Gasteiger partial charge in [0.15, 0.2) is 5.82 Å². The van der Waals surface area contributed by atoms with E-state index in [1.165, 1.54) is 24.1 Å². The number of aryl methyl sites for hydroxylation is 1. The van der Waals surface area contributed by atoms with Crippen molar-refractivity contribution in [2.75, 3.05) is 5.43 Å². The smallest absolute Gasteiger partial charge is 0.348 e. The summed E-state index contributed by atoms with van der Waals surface area (Å²) in [6.07, 6.45) is 6.91. The van der Waals surface area contributed by atoms with E-state index in [2.05, 4.69) is 15.4 Å². The summed E-state index contributed by atoms with van der Waals surface area (Å²) >= 11 is 1.33. The highest BCUT2D eigenvalue weighted by atomic mass is 32.1. The van der Waals surface area contributed by atoms with E-state index in [9.17, 15) is 4.79 Å². The van der Waals surface area contributed by atoms with E-state index in [0.717, 1.165) is 41.5 Å². The topological polar surface area (TPSA) is 90.1 Å². The van der Waals surface area contributed by atoms with Gasteiger partial charge in [-0.3, -0.25) is 0 Å². The lowest BCUT2D eigenvalue weighted by molar-refractivity contribution is 0.0216. The minimum atomic E-state index is -0.259. The normalized spacial score (nSPS) is 16.1. The number of hydrogen-bond acceptors (Lipinski definition) is 7. The average Bonchev–Trinajstić information content (AvgIpc) is 2.86. The molecule has 3 rings (SSSR count). The lowest BCUT2D eigenvalue weighted by Gasteiger charge is -2.21. The monoisotopic (exact) mass is 306 g/mol. The van der Waals surface area contributed by atoms with Crippen molar-refractivity contribution in [1.29, 1.82) is 0 Å². The van der Waals surface area contributed by atoms with Crippen LogP contribution in [0.3, 0.4) is 0 Å². The molecule has 7 heteroatoms. The van der Waals surface area contributed by atoms with Crippen molar-refractivity contribution in [3.63, 3.8) is 0 Å². The molecule has 2 aromatic heterocycles. The van der Waals surface area contributed by atoms with Crippen LogP contribution in [-0.4, -0.2) is 22.0 Å². The second kappa shape index (κ2) is 5.95. The standard InChI is InChI=1S/C14H18N4O2S/c1-8-10-12(18-15)16-7-17-13(10)21-11(8)14(19)20-9-5-3-2-4-6-9/h7,9H,2-6,15H2,1H3,(H,16,17,18). The van der Waals surface area contributed by atoms with Gasteiger partial charge in [0, 0.05) is 0 Å². The first kappa shape index (κ1) is 14.2. The summed E-state index contributed by atoms with van der Waals surface area (Å²) < 4.78 is 5.63. The van der Waals surface area contributed by atoms with Gasteiger partial charge in [-0.25, -0.2) is 20.6 Å². The van der Waals surface area contributed by atoms with Crippen LogP contribution in [0.1, 0.15) is 47.3 Å². The molecule has 1 aliphatic carbocycles. The zero-order valence-corrected chi connectivity index (χ0v) is 12.7. The fourth-order valence-corrected chi connectivity index (χ4v) is 3.80. The molecule has 1 aliphatic rings. The van der Waals surface area contributed by atoms with Gasteiger partial charge in [-0.2, -0.15) is 0 Å². The molecule has 2 heterocycles. The van der Waals surface area contributed by atoms with E-state index in [-0.39, 0.29) is 12.1 Å². The van der Waals surface area contributed by atoms with Gasteiger partial charge >= 0.3 is 5.97 Å². The number of nitrogens with two attached hydrogens (primary N) is 1. The number of nitrogens with one attached hydrogen (secondary N) is 1. The van der Waals surface area contributed by atoms with Crippen molar-refractivity contribution in [3.05, 3.63) is 16.8 Å². The fourth-order valence-electron chi connectivity index (χ4n) is 2.76. The van der Waals surface area contributed by atoms with Crippen molar-refractivity contribution in [2.24, 2.45) is 5.84 Å². The summed E-state index contributed by atoms with van der Waals surface area (Å²) in [4.78, 5) is 22.0. The molecule has 0 amide bonds. The molecular weight excluding hydrogens is 288 g/mol. The number of carbonyl (C=O) groups excluding carboxylic acids is 1. The Morgan fingerprint density at radius 3 is 2.86 bits per heavy atom. The second-order valence-corrected chi connectivity index (χ2v) is 6.27. The predicted octanol–water partition coefficient (Wildman–Crippen LogP) is 2.77. The van der Waals surface area contributed by atoms with Crippen LogP contribution in [0.15, 0.2) is 6.33 Å². The number of aromatic nitrogens is 2. The van der Waals surface area contributed by atoms with Crippen LogP contribution < -0.4 is 11.3 Å². The highest BCUT2D eigenvalue weighted by Gasteiger charge is 2.24. The number of carbonyl (C=O) groups is 1. The van der Waals surface area contributed by atoms with Crippen LogP contribution in [0.4, 0.5) is 5.82 Å². The molecule has 0 saturated heterocycles. The van der Waals surface area contributed by atoms with Gasteiger partial charge in [0.2, 0.25) is 0 Å². The van der Waals surface area contributed by atoms with Crippen LogP contribution in [0.5, 0.6) is 0 Å². The molecule has 0 radical (unpaired) electrons. The zero-order chi connectivity index (χ0) is 14.8. The first-order valence-electron chi connectivity index (χ1n) is 7.12. The van der Waals surface area contributed by atoms with E-state index < -0.39 is 0 Å². The highest BCUT2D eigenvalue weighted by Crippen LogP contribution is 2.34. The number of fused-ring (bicyclic) bond motifs is 1. The maximum atomic E-state index is 12.4. The van der Waals surface area contributed by atoms with E-state index in [0.29, 0.717) is 10.7 Å². The Morgan fingerprint density at radius 1 is 1.38 bits per heavy atom. The molecule has 1 saturated carbocycles. The summed E-state index contributed by atoms with van der Waals surface area (Å²) in [6.45, 7) is 1.88. The average molecular weight is 306 g/mol. The third-order valence-electron chi connectivity index (χ3n) is 3.87. The van der Waals surface area contributed by atoms with Gasteiger partial charge in [0.1, 0.15) is 22.1 Å². The Bertz CT molecular complexity index is 664. The van der Waals surface area contributed by atoms with Gasteiger partial charge in [-0.05, 0) is 38.2 Å². The minimum absolute atomic E-state index is 0.0500. The SMILES string of the molecule is Cc1c(C(=O)OC2CCCCC2)sc2ncnc(NN)c12. The quantitative estimate of drug-likeness (QED) is 0.515. The number of rotatable bonds is 3. The van der Waals surface area contributed by atoms with E-state index in [1.807, 2.05) is 6.92 Å². The molecule has 21 heavy (non-hydrogen) atoms. The molecule has 0 spiro atoms. The number of hydrazine groups is 1. The number of esters is 1. The Hall–Kier alpha value is -1.73. The molecule has 2 aromatic rings. The molecule has 0 unspecified atom stereocenters. The van der Waals surface area contributed by atoms with Crippen molar-refractivity contribution in [2.45, 2.75) is 45.1 Å². The molecule has 3 N–H and O–H groups in total. The Labute approximate surface area is 126 Å². The van der Waals surface area contributed by atoms with Gasteiger partial charge in [-0.1, -0.05) is 6.42 Å². The summed E-state index contributed by atoms with van der Waals surface area (Å²) in [5, 5.41) is 0.792. The molecule has 6 nitrogen and oxygen atoms in total. The zero-order valence-electron chi connectivity index (χ0n) is 11.9. The number of thiophene rings is 1. The maximum Gasteiger partial charge on any atom is 0.348 e. The third-order valence-corrected chi connectivity index (χ3v) is 5.05. The molecule has 0 aliphatic heterocycles. The Morgan fingerprint density at radius 2 is 2.14 bits per heavy atom. The molecular formula is C14H18N4O2S. The van der Waals surface area contributed by atoms with E-state index in [4.69, 9.17) is 10.6 Å². The summed E-state index contributed by atoms with van der Waals surface area (Å²) in [6, 6.07) is 0. The summed E-state index contributed by atoms with van der Waals surface area (Å²) in [5.74, 6) is 5.74. The van der Waals surface area contributed by atoms with Crippen LogP contribution in [-0.2, 0) is 4.74 Å². The number of nitrogens with zero attached hydrogens (tertiary/aromatic N) is 2. The molecule has 1 fully saturated rings. The van der Waals surface area contributed by atoms with E-state index in [1.54, 1.807) is 0 Å². The van der Waals surface area contributed by atoms with Crippen molar-refractivity contribution in [1.82, 2.24) is 9.97 Å². The lowest BCUT2D eigenvalue weighted by atomic mass is 9.98. The van der Waals surface area contributed by atoms with Crippen molar-refractivity contribution < 1.29 is 9.53 Å². The van der Waals surface area contributed by atoms with E-state index >= 15 is 0 Å². The van der Waals surface area contributed by atoms with Crippen molar-refractivity contribution >= 4 is 33.3 Å². The summed E-state index contributed by atoms with van der Waals surface area (Å²) in [5.41, 5.74) is 3.37. The number of hydrogen-bond donors (Lipinski definition) is 2. The van der Waals surface area contributed by atoms with Gasteiger partial charge in [0.05, 0.1) is 5.39 Å². The maximum absolute atomic E-state index is 12.4. The minimum Gasteiger partial charge on any atom is -0.458 e. The van der Waals surface area contributed by atoms with Gasteiger partial charge in [0.25, 0.3) is 0 Å². The van der Waals surface area contributed by atoms with Gasteiger partial charge < -0.3 is 10.2 Å². The number of ether oxygens (including phenoxy) is 1. The Kier molecular flexibility index (Phi) is 4.03. The Balaban J connectivity index is 1.89. The largest absolute Gasteiger partial charge is 0.458 e. The fraction of sp³-hybridized carbons (Fsp3) is 0.500. The molecule has 112 valence electrons. The van der Waals surface area contributed by atoms with Crippen LogP contribution in [0.2, 0.25) is 0 Å². The number of anilines is 1. The predicted molar refractivity (Wildman–Crippen MR) is 82.3 cm³/mol. The highest BCUT2D eigenvalue weighted by molar-refractivity contribution is 7.20.